The summed E-state index contributed by atoms with van der Waals surface area (Å²) in [7, 11) is 0. The first-order valence-electron chi connectivity index (χ1n) is 7.64. The van der Waals surface area contributed by atoms with Crippen LogP contribution in [0.1, 0.15) is 57.4 Å². The van der Waals surface area contributed by atoms with Crippen LogP contribution >= 0.6 is 0 Å². The van der Waals surface area contributed by atoms with Gasteiger partial charge < -0.3 is 4.74 Å². The van der Waals surface area contributed by atoms with Crippen LogP contribution in [0.4, 0.5) is 0 Å². The van der Waals surface area contributed by atoms with E-state index in [0.717, 1.165) is 12.1 Å². The predicted molar refractivity (Wildman–Crippen MR) is 80.7 cm³/mol. The molecular weight excluding hydrogens is 234 g/mol. The molecule has 1 atom stereocenters. The molecule has 0 spiro atoms. The van der Waals surface area contributed by atoms with Crippen molar-refractivity contribution in [3.63, 3.8) is 0 Å². The highest BCUT2D eigenvalue weighted by Crippen LogP contribution is 2.17. The Balaban J connectivity index is 1.68. The maximum absolute atomic E-state index is 5.74. The van der Waals surface area contributed by atoms with Crippen molar-refractivity contribution in [2.24, 2.45) is 4.99 Å². The second-order valence-electron chi connectivity index (χ2n) is 5.26. The van der Waals surface area contributed by atoms with Crippen LogP contribution in [0.25, 0.3) is 0 Å². The Morgan fingerprint density at radius 3 is 2.58 bits per heavy atom. The molecule has 0 amide bonds. The third-order valence-electron chi connectivity index (χ3n) is 3.62. The Morgan fingerprint density at radius 2 is 1.79 bits per heavy atom. The Hall–Kier alpha value is -1.15. The lowest BCUT2D eigenvalue weighted by atomic mass is 10.1. The van der Waals surface area contributed by atoms with E-state index in [2.05, 4.69) is 36.2 Å². The number of rotatable bonds is 8. The zero-order valence-electron chi connectivity index (χ0n) is 12.0. The molecule has 0 unspecified atom stereocenters. The van der Waals surface area contributed by atoms with Crippen LogP contribution in [0.3, 0.4) is 0 Å². The van der Waals surface area contributed by atoms with E-state index in [1.54, 1.807) is 0 Å². The average Bonchev–Trinajstić information content (AvgIpc) is 2.92. The molecule has 0 aromatic heterocycles. The fourth-order valence-corrected chi connectivity index (χ4v) is 2.46. The third kappa shape index (κ3) is 4.79. The topological polar surface area (TPSA) is 21.6 Å². The van der Waals surface area contributed by atoms with Crippen molar-refractivity contribution >= 4 is 5.71 Å². The van der Waals surface area contributed by atoms with Gasteiger partial charge in [0.25, 0.3) is 0 Å². The molecular formula is C17H25NO. The number of hydrogen-bond acceptors (Lipinski definition) is 2. The minimum absolute atomic E-state index is 0.0985. The van der Waals surface area contributed by atoms with E-state index < -0.39 is 0 Å². The molecule has 1 heterocycles. The van der Waals surface area contributed by atoms with E-state index in [-0.39, 0.29) is 6.23 Å². The summed E-state index contributed by atoms with van der Waals surface area (Å²) in [5.41, 5.74) is 2.31. The van der Waals surface area contributed by atoms with Crippen molar-refractivity contribution in [1.29, 1.82) is 0 Å². The van der Waals surface area contributed by atoms with Crippen LogP contribution in [0.2, 0.25) is 0 Å². The summed E-state index contributed by atoms with van der Waals surface area (Å²) in [6.45, 7) is 2.93. The zero-order valence-corrected chi connectivity index (χ0v) is 12.0. The highest BCUT2D eigenvalue weighted by atomic mass is 16.5. The Labute approximate surface area is 116 Å². The van der Waals surface area contributed by atoms with Gasteiger partial charge in [0.05, 0.1) is 12.3 Å². The zero-order chi connectivity index (χ0) is 13.3. The number of aliphatic imine (C=N–C) groups is 1. The first-order valence-corrected chi connectivity index (χ1v) is 7.64. The van der Waals surface area contributed by atoms with Gasteiger partial charge in [0.2, 0.25) is 0 Å². The standard InChI is InChI=1S/C17H25NO/c1-2-3-4-5-6-10-13-17-18-16(14-19-17)15-11-8-7-9-12-15/h7-9,11-12,17H,2-6,10,13-14H2,1H3/t17-/m1/s1. The SMILES string of the molecule is CCCCCCCC[C@@H]1N=C(c2ccccc2)CO1. The fraction of sp³-hybridized carbons (Fsp3) is 0.588. The summed E-state index contributed by atoms with van der Waals surface area (Å²) in [6.07, 6.45) is 9.14. The van der Waals surface area contributed by atoms with E-state index in [1.165, 1.54) is 44.1 Å². The number of ether oxygens (including phenoxy) is 1. The first kappa shape index (κ1) is 14.3. The largest absolute Gasteiger partial charge is 0.350 e. The predicted octanol–water partition coefficient (Wildman–Crippen LogP) is 4.58. The van der Waals surface area contributed by atoms with Crippen LogP contribution in [0, 0.1) is 0 Å². The molecule has 0 saturated heterocycles. The summed E-state index contributed by atoms with van der Waals surface area (Å²) >= 11 is 0. The van der Waals surface area contributed by atoms with Gasteiger partial charge in [0.15, 0.2) is 0 Å². The summed E-state index contributed by atoms with van der Waals surface area (Å²) in [5.74, 6) is 0. The molecule has 0 fully saturated rings. The molecule has 2 rings (SSSR count). The van der Waals surface area contributed by atoms with Crippen molar-refractivity contribution in [2.45, 2.75) is 58.1 Å². The van der Waals surface area contributed by atoms with Crippen molar-refractivity contribution in [3.8, 4) is 0 Å². The van der Waals surface area contributed by atoms with Crippen molar-refractivity contribution < 1.29 is 4.74 Å². The van der Waals surface area contributed by atoms with Gasteiger partial charge in [-0.05, 0) is 18.4 Å². The second kappa shape index (κ2) is 8.11. The van der Waals surface area contributed by atoms with E-state index in [9.17, 15) is 0 Å². The maximum Gasteiger partial charge on any atom is 0.149 e. The summed E-state index contributed by atoms with van der Waals surface area (Å²) in [6, 6.07) is 10.4. The van der Waals surface area contributed by atoms with Gasteiger partial charge in [-0.3, -0.25) is 4.99 Å². The lowest BCUT2D eigenvalue weighted by Gasteiger charge is -2.06. The van der Waals surface area contributed by atoms with Gasteiger partial charge in [-0.15, -0.1) is 0 Å². The smallest absolute Gasteiger partial charge is 0.149 e. The van der Waals surface area contributed by atoms with E-state index in [4.69, 9.17) is 4.74 Å². The molecule has 2 nitrogen and oxygen atoms in total. The minimum atomic E-state index is 0.0985. The third-order valence-corrected chi connectivity index (χ3v) is 3.62. The summed E-state index contributed by atoms with van der Waals surface area (Å²) in [5, 5.41) is 0. The van der Waals surface area contributed by atoms with Gasteiger partial charge in [-0.2, -0.15) is 0 Å². The van der Waals surface area contributed by atoms with Crippen LogP contribution in [0.15, 0.2) is 35.3 Å². The highest BCUT2D eigenvalue weighted by molar-refractivity contribution is 6.02. The Bertz CT molecular complexity index is 386. The maximum atomic E-state index is 5.74. The van der Waals surface area contributed by atoms with Gasteiger partial charge in [0, 0.05) is 0 Å². The van der Waals surface area contributed by atoms with Crippen LogP contribution in [-0.2, 0) is 4.74 Å². The molecule has 0 saturated carbocycles. The molecule has 0 aliphatic carbocycles. The van der Waals surface area contributed by atoms with Gasteiger partial charge in [0.1, 0.15) is 6.23 Å². The van der Waals surface area contributed by atoms with E-state index in [0.29, 0.717) is 6.61 Å². The Morgan fingerprint density at radius 1 is 1.05 bits per heavy atom. The van der Waals surface area contributed by atoms with Gasteiger partial charge in [-0.1, -0.05) is 69.4 Å². The molecule has 1 aromatic carbocycles. The normalized spacial score (nSPS) is 18.6. The van der Waals surface area contributed by atoms with Crippen LogP contribution < -0.4 is 0 Å². The Kier molecular flexibility index (Phi) is 6.09. The lowest BCUT2D eigenvalue weighted by Crippen LogP contribution is -2.04. The quantitative estimate of drug-likeness (QED) is 0.626. The summed E-state index contributed by atoms with van der Waals surface area (Å²) < 4.78 is 5.74. The van der Waals surface area contributed by atoms with Gasteiger partial charge >= 0.3 is 0 Å². The lowest BCUT2D eigenvalue weighted by molar-refractivity contribution is 0.0997. The van der Waals surface area contributed by atoms with E-state index in [1.807, 2.05) is 6.07 Å². The number of benzene rings is 1. The first-order chi connectivity index (χ1) is 9.40. The monoisotopic (exact) mass is 259 g/mol. The van der Waals surface area contributed by atoms with E-state index >= 15 is 0 Å². The minimum Gasteiger partial charge on any atom is -0.350 e. The molecule has 0 N–H and O–H groups in total. The van der Waals surface area contributed by atoms with Crippen LogP contribution in [-0.4, -0.2) is 18.5 Å². The van der Waals surface area contributed by atoms with Crippen molar-refractivity contribution in [1.82, 2.24) is 0 Å². The average molecular weight is 259 g/mol. The van der Waals surface area contributed by atoms with Crippen LogP contribution in [0.5, 0.6) is 0 Å². The molecule has 1 aliphatic rings. The van der Waals surface area contributed by atoms with Crippen molar-refractivity contribution in [2.75, 3.05) is 6.61 Å². The molecule has 104 valence electrons. The van der Waals surface area contributed by atoms with Crippen molar-refractivity contribution in [3.05, 3.63) is 35.9 Å². The molecule has 19 heavy (non-hydrogen) atoms. The molecule has 1 aromatic rings. The fourth-order valence-electron chi connectivity index (χ4n) is 2.46. The second-order valence-corrected chi connectivity index (χ2v) is 5.26. The highest BCUT2D eigenvalue weighted by Gasteiger charge is 2.18. The number of nitrogens with zero attached hydrogens (tertiary/aromatic N) is 1. The molecule has 0 bridgehead atoms. The van der Waals surface area contributed by atoms with Gasteiger partial charge in [-0.25, -0.2) is 0 Å². The number of unbranched alkanes of at least 4 members (excludes halogenated alkanes) is 5. The number of hydrogen-bond donors (Lipinski definition) is 0. The molecule has 2 heteroatoms. The summed E-state index contributed by atoms with van der Waals surface area (Å²) in [4.78, 5) is 4.69. The molecule has 0 radical (unpaired) electrons. The molecule has 1 aliphatic heterocycles.